The normalized spacial score (nSPS) is 17.2. The van der Waals surface area contributed by atoms with Crippen LogP contribution in [-0.2, 0) is 24.2 Å². The Morgan fingerprint density at radius 3 is 2.62 bits per heavy atom. The number of methoxy groups -OCH3 is 1. The summed E-state index contributed by atoms with van der Waals surface area (Å²) in [6.45, 7) is 3.52. The predicted molar refractivity (Wildman–Crippen MR) is 169 cm³/mol. The second-order valence-electron chi connectivity index (χ2n) is 10.7. The van der Waals surface area contributed by atoms with Crippen LogP contribution in [0, 0.1) is 11.7 Å². The van der Waals surface area contributed by atoms with Gasteiger partial charge in [-0.3, -0.25) is 9.59 Å². The lowest BCUT2D eigenvalue weighted by atomic mass is 9.93. The van der Waals surface area contributed by atoms with Gasteiger partial charge >= 0.3 is 5.97 Å². The fourth-order valence-electron chi connectivity index (χ4n) is 5.85. The third-order valence-electron chi connectivity index (χ3n) is 8.08. The van der Waals surface area contributed by atoms with E-state index in [9.17, 15) is 22.4 Å². The van der Waals surface area contributed by atoms with Crippen molar-refractivity contribution in [3.8, 4) is 5.75 Å². The zero-order valence-electron chi connectivity index (χ0n) is 25.2. The molecule has 3 aromatic carbocycles. The minimum atomic E-state index is -3.72. The van der Waals surface area contributed by atoms with Crippen LogP contribution in [0.15, 0.2) is 77.8 Å². The molecular weight excluding hydrogens is 599 g/mol. The summed E-state index contributed by atoms with van der Waals surface area (Å²) in [7, 11) is -2.38. The maximum Gasteiger partial charge on any atom is 0.311 e. The van der Waals surface area contributed by atoms with E-state index in [4.69, 9.17) is 15.2 Å². The van der Waals surface area contributed by atoms with Gasteiger partial charge in [-0.1, -0.05) is 31.2 Å². The number of halogens is 1. The Labute approximate surface area is 261 Å². The first kappa shape index (κ1) is 31.7. The molecule has 45 heavy (non-hydrogen) atoms. The van der Waals surface area contributed by atoms with Crippen LogP contribution in [-0.4, -0.2) is 56.2 Å². The molecule has 236 valence electrons. The highest BCUT2D eigenvalue weighted by Crippen LogP contribution is 2.43. The summed E-state index contributed by atoms with van der Waals surface area (Å²) in [5.41, 5.74) is 7.35. The van der Waals surface area contributed by atoms with Gasteiger partial charge in [-0.15, -0.1) is 0 Å². The van der Waals surface area contributed by atoms with Crippen molar-refractivity contribution in [1.29, 1.82) is 0 Å². The Kier molecular flexibility index (Phi) is 9.24. The van der Waals surface area contributed by atoms with Crippen molar-refractivity contribution < 1.29 is 31.9 Å². The predicted octanol–water partition coefficient (Wildman–Crippen LogP) is 5.06. The average Bonchev–Trinajstić information content (AvgIpc) is 3.49. The lowest BCUT2D eigenvalue weighted by Gasteiger charge is -2.33. The molecule has 3 N–H and O–H groups in total. The van der Waals surface area contributed by atoms with Gasteiger partial charge in [0.15, 0.2) is 21.4 Å². The zero-order valence-corrected chi connectivity index (χ0v) is 26.0. The van der Waals surface area contributed by atoms with Crippen LogP contribution in [0.3, 0.4) is 0 Å². The van der Waals surface area contributed by atoms with Gasteiger partial charge in [0.2, 0.25) is 5.91 Å². The number of benzene rings is 3. The summed E-state index contributed by atoms with van der Waals surface area (Å²) < 4.78 is 51.5. The van der Waals surface area contributed by atoms with Crippen LogP contribution in [0.4, 0.5) is 15.9 Å². The summed E-state index contributed by atoms with van der Waals surface area (Å²) in [5, 5.41) is 4.81. The van der Waals surface area contributed by atoms with Crippen molar-refractivity contribution in [3.05, 3.63) is 89.9 Å². The Morgan fingerprint density at radius 1 is 1.11 bits per heavy atom. The summed E-state index contributed by atoms with van der Waals surface area (Å²) in [6, 6.07) is 15.7. The van der Waals surface area contributed by atoms with Crippen LogP contribution < -0.4 is 15.8 Å². The summed E-state index contributed by atoms with van der Waals surface area (Å²) in [4.78, 5) is 33.6. The summed E-state index contributed by atoms with van der Waals surface area (Å²) in [5.74, 6) is -2.21. The van der Waals surface area contributed by atoms with Crippen molar-refractivity contribution in [1.82, 2.24) is 9.88 Å². The number of ether oxygens (including phenoxy) is 2. The molecule has 0 aliphatic carbocycles. The van der Waals surface area contributed by atoms with Crippen molar-refractivity contribution >= 4 is 44.0 Å². The number of esters is 1. The molecule has 1 fully saturated rings. The quantitative estimate of drug-likeness (QED) is 0.229. The number of fused-ring (bicyclic) bond motifs is 1. The number of nitrogens with zero attached hydrogens (tertiary/aromatic N) is 2. The smallest absolute Gasteiger partial charge is 0.311 e. The van der Waals surface area contributed by atoms with Crippen LogP contribution in [0.5, 0.6) is 5.75 Å². The van der Waals surface area contributed by atoms with E-state index in [1.54, 1.807) is 56.4 Å². The van der Waals surface area contributed by atoms with Crippen molar-refractivity contribution in [2.45, 2.75) is 37.2 Å². The first-order valence-electron chi connectivity index (χ1n) is 14.6. The minimum absolute atomic E-state index is 0.0498. The van der Waals surface area contributed by atoms with Crippen molar-refractivity contribution in [2.24, 2.45) is 5.92 Å². The molecule has 4 aromatic rings. The molecule has 1 aliphatic rings. The SMILES string of the molecule is CCOC(=O)[C@H]1CCN(C(=O)[C@@H](Nc2ccc3c(N)nccc3c2)c2ccc(F)c(OC)c2)[C@H]1c1ccccc1S(=O)(=O)CC. The zero-order chi connectivity index (χ0) is 32.3. The summed E-state index contributed by atoms with van der Waals surface area (Å²) >= 11 is 0. The van der Waals surface area contributed by atoms with Gasteiger partial charge in [-0.05, 0) is 72.3 Å². The van der Waals surface area contributed by atoms with Crippen LogP contribution in [0.2, 0.25) is 0 Å². The number of pyridine rings is 1. The van der Waals surface area contributed by atoms with Gasteiger partial charge in [0.25, 0.3) is 0 Å². The second kappa shape index (κ2) is 13.1. The number of hydrogen-bond acceptors (Lipinski definition) is 9. The van der Waals surface area contributed by atoms with E-state index in [1.807, 2.05) is 6.07 Å². The Hall–Kier alpha value is -4.71. The molecule has 1 amide bonds. The Bertz CT molecular complexity index is 1850. The number of carbonyl (C=O) groups excluding carboxylic acids is 2. The lowest BCUT2D eigenvalue weighted by molar-refractivity contribution is -0.149. The molecule has 0 unspecified atom stereocenters. The molecule has 0 bridgehead atoms. The second-order valence-corrected chi connectivity index (χ2v) is 12.9. The van der Waals surface area contributed by atoms with E-state index >= 15 is 0 Å². The highest BCUT2D eigenvalue weighted by molar-refractivity contribution is 7.91. The minimum Gasteiger partial charge on any atom is -0.494 e. The number of sulfone groups is 1. The van der Waals surface area contributed by atoms with E-state index in [1.165, 1.54) is 36.3 Å². The van der Waals surface area contributed by atoms with Crippen LogP contribution >= 0.6 is 0 Å². The topological polar surface area (TPSA) is 141 Å². The maximum atomic E-state index is 14.7. The van der Waals surface area contributed by atoms with Gasteiger partial charge in [0.05, 0.1) is 36.3 Å². The number of rotatable bonds is 10. The first-order valence-corrected chi connectivity index (χ1v) is 16.3. The highest BCUT2D eigenvalue weighted by atomic mass is 32.2. The van der Waals surface area contributed by atoms with E-state index in [-0.39, 0.29) is 36.0 Å². The third kappa shape index (κ3) is 6.28. The number of amides is 1. The number of carbonyl (C=O) groups is 2. The number of nitrogens with one attached hydrogen (secondary N) is 1. The fraction of sp³-hybridized carbons (Fsp3) is 0.303. The number of anilines is 2. The molecule has 0 saturated carbocycles. The lowest BCUT2D eigenvalue weighted by Crippen LogP contribution is -2.40. The molecule has 2 heterocycles. The van der Waals surface area contributed by atoms with Gasteiger partial charge in [-0.2, -0.15) is 0 Å². The molecule has 1 saturated heterocycles. The molecular formula is C33H35FN4O6S. The largest absolute Gasteiger partial charge is 0.494 e. The molecule has 12 heteroatoms. The Balaban J connectivity index is 1.63. The number of nitrogens with two attached hydrogens (primary N) is 1. The van der Waals surface area contributed by atoms with Gasteiger partial charge < -0.3 is 25.4 Å². The van der Waals surface area contributed by atoms with Gasteiger partial charge in [-0.25, -0.2) is 17.8 Å². The molecule has 5 rings (SSSR count). The van der Waals surface area contributed by atoms with Gasteiger partial charge in [0, 0.05) is 23.8 Å². The highest BCUT2D eigenvalue weighted by Gasteiger charge is 2.46. The number of hydrogen-bond donors (Lipinski definition) is 2. The van der Waals surface area contributed by atoms with Crippen molar-refractivity contribution in [2.75, 3.05) is 37.1 Å². The number of likely N-dealkylation sites (tertiary alicyclic amines) is 1. The fourth-order valence-corrected chi connectivity index (χ4v) is 7.00. The van der Waals surface area contributed by atoms with E-state index < -0.39 is 45.5 Å². The van der Waals surface area contributed by atoms with Gasteiger partial charge in [0.1, 0.15) is 11.9 Å². The third-order valence-corrected chi connectivity index (χ3v) is 9.89. The van der Waals surface area contributed by atoms with E-state index in [0.29, 0.717) is 22.6 Å². The molecule has 1 aliphatic heterocycles. The standard InChI is InChI=1S/C33H35FN4O6S/c1-4-44-33(40)25-15-17-38(30(25)24-8-6-7-9-28(24)45(41,42)5-2)32(39)29(21-10-13-26(34)27(19-21)43-3)37-22-11-12-23-20(18-22)14-16-36-31(23)35/h6-14,16,18-19,25,29-30,37H,4-5,15,17H2,1-3H3,(H2,35,36)/t25-,29-,30-/m0/s1. The number of aromatic nitrogens is 1. The molecule has 1 aromatic heterocycles. The molecule has 3 atom stereocenters. The summed E-state index contributed by atoms with van der Waals surface area (Å²) in [6.07, 6.45) is 1.85. The first-order chi connectivity index (χ1) is 21.6. The average molecular weight is 635 g/mol. The number of nitrogen functional groups attached to an aromatic ring is 1. The van der Waals surface area contributed by atoms with E-state index in [0.717, 1.165) is 10.8 Å². The Morgan fingerprint density at radius 2 is 1.89 bits per heavy atom. The molecule has 10 nitrogen and oxygen atoms in total. The maximum absolute atomic E-state index is 14.7. The van der Waals surface area contributed by atoms with Crippen LogP contribution in [0.1, 0.15) is 43.5 Å². The van der Waals surface area contributed by atoms with Crippen molar-refractivity contribution in [3.63, 3.8) is 0 Å². The molecule has 0 spiro atoms. The molecule has 0 radical (unpaired) electrons. The monoisotopic (exact) mass is 634 g/mol. The van der Waals surface area contributed by atoms with E-state index in [2.05, 4.69) is 10.3 Å². The van der Waals surface area contributed by atoms with Crippen LogP contribution in [0.25, 0.3) is 10.8 Å².